The number of fused-ring (bicyclic) bond motifs is 1. The zero-order valence-corrected chi connectivity index (χ0v) is 14.4. The van der Waals surface area contributed by atoms with Crippen molar-refractivity contribution in [2.75, 3.05) is 18.4 Å². The number of hydrogen-bond acceptors (Lipinski definition) is 3. The third-order valence-electron chi connectivity index (χ3n) is 5.20. The van der Waals surface area contributed by atoms with Gasteiger partial charge in [0.1, 0.15) is 0 Å². The quantitative estimate of drug-likeness (QED) is 0.868. The first-order chi connectivity index (χ1) is 11.5. The molecular formula is C19H27N3O2. The van der Waals surface area contributed by atoms with Gasteiger partial charge in [0.25, 0.3) is 0 Å². The van der Waals surface area contributed by atoms with E-state index in [2.05, 4.69) is 11.4 Å². The van der Waals surface area contributed by atoms with Crippen LogP contribution in [-0.2, 0) is 22.4 Å². The summed E-state index contributed by atoms with van der Waals surface area (Å²) in [6.45, 7) is 3.71. The minimum Gasteiger partial charge on any atom is -0.342 e. The Kier molecular flexibility index (Phi) is 5.19. The SMILES string of the molecule is CC(N)C1CCCN(C(=O)CCCc2ccc3c(c2)CC(=O)N3)C1. The van der Waals surface area contributed by atoms with Crippen LogP contribution in [0.3, 0.4) is 0 Å². The highest BCUT2D eigenvalue weighted by Gasteiger charge is 2.25. The molecule has 1 saturated heterocycles. The maximum atomic E-state index is 12.4. The molecule has 0 bridgehead atoms. The summed E-state index contributed by atoms with van der Waals surface area (Å²) in [7, 11) is 0. The van der Waals surface area contributed by atoms with E-state index in [1.165, 1.54) is 5.56 Å². The zero-order chi connectivity index (χ0) is 17.1. The molecule has 1 aromatic carbocycles. The number of rotatable bonds is 5. The van der Waals surface area contributed by atoms with Gasteiger partial charge in [0, 0.05) is 31.2 Å². The summed E-state index contributed by atoms with van der Waals surface area (Å²) in [5, 5.41) is 2.85. The summed E-state index contributed by atoms with van der Waals surface area (Å²) in [5.41, 5.74) is 9.19. The van der Waals surface area contributed by atoms with E-state index >= 15 is 0 Å². The summed E-state index contributed by atoms with van der Waals surface area (Å²) in [4.78, 5) is 25.8. The van der Waals surface area contributed by atoms with E-state index in [9.17, 15) is 9.59 Å². The molecule has 130 valence electrons. The first-order valence-electron chi connectivity index (χ1n) is 8.98. The average molecular weight is 329 g/mol. The molecule has 0 saturated carbocycles. The number of carbonyl (C=O) groups excluding carboxylic acids is 2. The minimum atomic E-state index is 0.0612. The number of amides is 2. The number of likely N-dealkylation sites (tertiary alicyclic amines) is 1. The number of nitrogens with zero attached hydrogens (tertiary/aromatic N) is 1. The Balaban J connectivity index is 1.47. The Hall–Kier alpha value is -1.88. The van der Waals surface area contributed by atoms with Gasteiger partial charge in [0.05, 0.1) is 6.42 Å². The van der Waals surface area contributed by atoms with Crippen LogP contribution in [0.25, 0.3) is 0 Å². The molecule has 0 radical (unpaired) electrons. The monoisotopic (exact) mass is 329 g/mol. The Morgan fingerprint density at radius 2 is 2.29 bits per heavy atom. The average Bonchev–Trinajstić information content (AvgIpc) is 2.94. The van der Waals surface area contributed by atoms with E-state index in [4.69, 9.17) is 5.73 Å². The molecule has 2 amide bonds. The van der Waals surface area contributed by atoms with Crippen molar-refractivity contribution < 1.29 is 9.59 Å². The molecule has 2 aliphatic rings. The molecule has 0 aromatic heterocycles. The number of hydrogen-bond donors (Lipinski definition) is 2. The van der Waals surface area contributed by atoms with Crippen molar-refractivity contribution in [3.8, 4) is 0 Å². The van der Waals surface area contributed by atoms with Crippen molar-refractivity contribution in [1.29, 1.82) is 0 Å². The predicted molar refractivity (Wildman–Crippen MR) is 94.7 cm³/mol. The largest absolute Gasteiger partial charge is 0.342 e. The lowest BCUT2D eigenvalue weighted by molar-refractivity contribution is -0.133. The number of nitrogens with one attached hydrogen (secondary N) is 1. The lowest BCUT2D eigenvalue weighted by Crippen LogP contribution is -2.45. The van der Waals surface area contributed by atoms with Crippen molar-refractivity contribution in [2.45, 2.75) is 51.5 Å². The minimum absolute atomic E-state index is 0.0612. The second kappa shape index (κ2) is 7.34. The Morgan fingerprint density at radius 1 is 1.46 bits per heavy atom. The smallest absolute Gasteiger partial charge is 0.228 e. The number of benzene rings is 1. The van der Waals surface area contributed by atoms with Crippen LogP contribution in [0.5, 0.6) is 0 Å². The Bertz CT molecular complexity index is 627. The van der Waals surface area contributed by atoms with Gasteiger partial charge in [-0.3, -0.25) is 9.59 Å². The van der Waals surface area contributed by atoms with Gasteiger partial charge >= 0.3 is 0 Å². The highest BCUT2D eigenvalue weighted by molar-refractivity contribution is 5.99. The number of carbonyl (C=O) groups is 2. The van der Waals surface area contributed by atoms with Crippen LogP contribution in [-0.4, -0.2) is 35.8 Å². The van der Waals surface area contributed by atoms with Crippen LogP contribution >= 0.6 is 0 Å². The number of piperidine rings is 1. The first kappa shape index (κ1) is 17.0. The van der Waals surface area contributed by atoms with E-state index in [1.54, 1.807) is 0 Å². The fourth-order valence-corrected chi connectivity index (χ4v) is 3.71. The lowest BCUT2D eigenvalue weighted by atomic mass is 9.92. The number of anilines is 1. The van der Waals surface area contributed by atoms with E-state index in [0.29, 0.717) is 18.8 Å². The predicted octanol–water partition coefficient (Wildman–Crippen LogP) is 2.09. The molecular weight excluding hydrogens is 302 g/mol. The van der Waals surface area contributed by atoms with Gasteiger partial charge in [-0.2, -0.15) is 0 Å². The standard InChI is InChI=1S/C19H27N3O2/c1-13(20)15-5-3-9-22(12-15)19(24)6-2-4-14-7-8-17-16(10-14)11-18(23)21-17/h7-8,10,13,15H,2-6,9,11-12,20H2,1H3,(H,21,23). The molecule has 2 atom stereocenters. The van der Waals surface area contributed by atoms with Gasteiger partial charge in [-0.25, -0.2) is 0 Å². The molecule has 5 nitrogen and oxygen atoms in total. The molecule has 1 aromatic rings. The van der Waals surface area contributed by atoms with Gasteiger partial charge in [-0.05, 0) is 55.7 Å². The molecule has 0 spiro atoms. The molecule has 2 unspecified atom stereocenters. The van der Waals surface area contributed by atoms with Crippen molar-refractivity contribution in [2.24, 2.45) is 11.7 Å². The fourth-order valence-electron chi connectivity index (χ4n) is 3.71. The van der Waals surface area contributed by atoms with Gasteiger partial charge in [0.15, 0.2) is 0 Å². The van der Waals surface area contributed by atoms with Gasteiger partial charge in [0.2, 0.25) is 11.8 Å². The third-order valence-corrected chi connectivity index (χ3v) is 5.20. The van der Waals surface area contributed by atoms with Crippen LogP contribution in [0.2, 0.25) is 0 Å². The summed E-state index contributed by atoms with van der Waals surface area (Å²) < 4.78 is 0. The Labute approximate surface area is 143 Å². The second-order valence-electron chi connectivity index (χ2n) is 7.17. The van der Waals surface area contributed by atoms with Crippen molar-refractivity contribution in [1.82, 2.24) is 4.90 Å². The maximum absolute atomic E-state index is 12.4. The number of nitrogens with two attached hydrogens (primary N) is 1. The molecule has 1 fully saturated rings. The van der Waals surface area contributed by atoms with Gasteiger partial charge < -0.3 is 16.0 Å². The van der Waals surface area contributed by atoms with Crippen LogP contribution < -0.4 is 11.1 Å². The van der Waals surface area contributed by atoms with Crippen LogP contribution in [0.4, 0.5) is 5.69 Å². The zero-order valence-electron chi connectivity index (χ0n) is 14.4. The van der Waals surface area contributed by atoms with Crippen molar-refractivity contribution in [3.63, 3.8) is 0 Å². The topological polar surface area (TPSA) is 75.4 Å². The van der Waals surface area contributed by atoms with E-state index in [-0.39, 0.29) is 17.9 Å². The molecule has 5 heteroatoms. The highest BCUT2D eigenvalue weighted by atomic mass is 16.2. The van der Waals surface area contributed by atoms with Crippen molar-refractivity contribution in [3.05, 3.63) is 29.3 Å². The third kappa shape index (κ3) is 3.96. The first-order valence-corrected chi connectivity index (χ1v) is 8.98. The summed E-state index contributed by atoms with van der Waals surface area (Å²) in [5.74, 6) is 0.744. The second-order valence-corrected chi connectivity index (χ2v) is 7.17. The molecule has 2 heterocycles. The Morgan fingerprint density at radius 3 is 3.08 bits per heavy atom. The van der Waals surface area contributed by atoms with Gasteiger partial charge in [-0.15, -0.1) is 0 Å². The van der Waals surface area contributed by atoms with E-state index in [0.717, 1.165) is 50.0 Å². The summed E-state index contributed by atoms with van der Waals surface area (Å²) in [6, 6.07) is 6.26. The molecule has 0 aliphatic carbocycles. The van der Waals surface area contributed by atoms with Crippen LogP contribution in [0.1, 0.15) is 43.7 Å². The van der Waals surface area contributed by atoms with Crippen LogP contribution in [0, 0.1) is 5.92 Å². The molecule has 3 rings (SSSR count). The van der Waals surface area contributed by atoms with Gasteiger partial charge in [-0.1, -0.05) is 12.1 Å². The lowest BCUT2D eigenvalue weighted by Gasteiger charge is -2.34. The van der Waals surface area contributed by atoms with E-state index in [1.807, 2.05) is 24.0 Å². The van der Waals surface area contributed by atoms with Crippen molar-refractivity contribution >= 4 is 17.5 Å². The summed E-state index contributed by atoms with van der Waals surface area (Å²) >= 11 is 0. The molecule has 2 aliphatic heterocycles. The highest BCUT2D eigenvalue weighted by Crippen LogP contribution is 2.25. The maximum Gasteiger partial charge on any atom is 0.228 e. The summed E-state index contributed by atoms with van der Waals surface area (Å²) in [6.07, 6.45) is 4.96. The number of aryl methyl sites for hydroxylation is 1. The normalized spacial score (nSPS) is 21.3. The fraction of sp³-hybridized carbons (Fsp3) is 0.579. The molecule has 24 heavy (non-hydrogen) atoms. The molecule has 3 N–H and O–H groups in total. The van der Waals surface area contributed by atoms with E-state index < -0.39 is 0 Å². The van der Waals surface area contributed by atoms with Crippen LogP contribution in [0.15, 0.2) is 18.2 Å².